The number of nitrogens with two attached hydrogens (primary N) is 1. The molecule has 3 nitrogen and oxygen atoms in total. The summed E-state index contributed by atoms with van der Waals surface area (Å²) in [4.78, 5) is 0. The lowest BCUT2D eigenvalue weighted by molar-refractivity contribution is 0.151. The van der Waals surface area contributed by atoms with Gasteiger partial charge in [0.05, 0.1) is 13.7 Å². The third-order valence-corrected chi connectivity index (χ3v) is 3.09. The highest BCUT2D eigenvalue weighted by atomic mass is 16.5. The second-order valence-electron chi connectivity index (χ2n) is 4.47. The van der Waals surface area contributed by atoms with E-state index in [-0.39, 0.29) is 6.04 Å². The van der Waals surface area contributed by atoms with Crippen molar-refractivity contribution in [3.8, 4) is 5.75 Å². The predicted molar refractivity (Wildman–Crippen MR) is 75.2 cm³/mol. The molecule has 0 fully saturated rings. The maximum atomic E-state index is 6.02. The van der Waals surface area contributed by atoms with Crippen LogP contribution in [0.2, 0.25) is 0 Å². The van der Waals surface area contributed by atoms with Gasteiger partial charge in [0.25, 0.3) is 0 Å². The van der Waals surface area contributed by atoms with Gasteiger partial charge in [-0.15, -0.1) is 0 Å². The quantitative estimate of drug-likeness (QED) is 0.722. The van der Waals surface area contributed by atoms with Gasteiger partial charge in [0.15, 0.2) is 0 Å². The SMILES string of the molecule is CCOCCc1ccc(OC)c(CC(N)CC)c1. The van der Waals surface area contributed by atoms with Crippen molar-refractivity contribution < 1.29 is 9.47 Å². The molecular weight excluding hydrogens is 226 g/mol. The second kappa shape index (κ2) is 8.11. The molecule has 102 valence electrons. The van der Waals surface area contributed by atoms with Crippen molar-refractivity contribution in [2.24, 2.45) is 5.73 Å². The minimum absolute atomic E-state index is 0.195. The van der Waals surface area contributed by atoms with Gasteiger partial charge in [0.1, 0.15) is 5.75 Å². The largest absolute Gasteiger partial charge is 0.496 e. The Balaban J connectivity index is 2.74. The van der Waals surface area contributed by atoms with Gasteiger partial charge in [-0.3, -0.25) is 0 Å². The number of methoxy groups -OCH3 is 1. The molecule has 0 radical (unpaired) electrons. The summed E-state index contributed by atoms with van der Waals surface area (Å²) >= 11 is 0. The number of hydrogen-bond acceptors (Lipinski definition) is 3. The number of hydrogen-bond donors (Lipinski definition) is 1. The Morgan fingerprint density at radius 3 is 2.67 bits per heavy atom. The smallest absolute Gasteiger partial charge is 0.122 e. The minimum Gasteiger partial charge on any atom is -0.496 e. The van der Waals surface area contributed by atoms with Crippen LogP contribution in [0.15, 0.2) is 18.2 Å². The zero-order chi connectivity index (χ0) is 13.4. The molecule has 0 aliphatic carbocycles. The highest BCUT2D eigenvalue weighted by Gasteiger charge is 2.08. The van der Waals surface area contributed by atoms with Crippen molar-refractivity contribution in [1.82, 2.24) is 0 Å². The van der Waals surface area contributed by atoms with Crippen LogP contribution in [0.3, 0.4) is 0 Å². The molecule has 3 heteroatoms. The van der Waals surface area contributed by atoms with E-state index in [9.17, 15) is 0 Å². The van der Waals surface area contributed by atoms with Crippen LogP contribution in [0.5, 0.6) is 5.75 Å². The van der Waals surface area contributed by atoms with Gasteiger partial charge in [-0.2, -0.15) is 0 Å². The molecule has 0 bridgehead atoms. The van der Waals surface area contributed by atoms with Crippen LogP contribution in [-0.2, 0) is 17.6 Å². The fourth-order valence-corrected chi connectivity index (χ4v) is 1.91. The fraction of sp³-hybridized carbons (Fsp3) is 0.600. The standard InChI is InChI=1S/C15H25NO2/c1-4-14(16)11-13-10-12(8-9-18-5-2)6-7-15(13)17-3/h6-7,10,14H,4-5,8-9,11,16H2,1-3H3. The van der Waals surface area contributed by atoms with Crippen molar-refractivity contribution in [1.29, 1.82) is 0 Å². The summed E-state index contributed by atoms with van der Waals surface area (Å²) in [5, 5.41) is 0. The molecule has 2 N–H and O–H groups in total. The van der Waals surface area contributed by atoms with E-state index in [1.54, 1.807) is 7.11 Å². The van der Waals surface area contributed by atoms with E-state index < -0.39 is 0 Å². The van der Waals surface area contributed by atoms with Crippen LogP contribution in [-0.4, -0.2) is 26.4 Å². The third-order valence-electron chi connectivity index (χ3n) is 3.09. The Morgan fingerprint density at radius 2 is 2.06 bits per heavy atom. The van der Waals surface area contributed by atoms with Crippen molar-refractivity contribution >= 4 is 0 Å². The molecule has 1 atom stereocenters. The first-order valence-corrected chi connectivity index (χ1v) is 6.70. The molecule has 1 aromatic rings. The van der Waals surface area contributed by atoms with Crippen LogP contribution < -0.4 is 10.5 Å². The van der Waals surface area contributed by atoms with Crippen molar-refractivity contribution in [2.75, 3.05) is 20.3 Å². The molecule has 0 saturated heterocycles. The van der Waals surface area contributed by atoms with E-state index in [1.165, 1.54) is 11.1 Å². The molecule has 0 aromatic heterocycles. The molecule has 0 amide bonds. The van der Waals surface area contributed by atoms with Crippen LogP contribution in [0, 0.1) is 0 Å². The summed E-state index contributed by atoms with van der Waals surface area (Å²) < 4.78 is 10.8. The van der Waals surface area contributed by atoms with Gasteiger partial charge in [-0.1, -0.05) is 19.1 Å². The van der Waals surface area contributed by atoms with E-state index in [4.69, 9.17) is 15.2 Å². The highest BCUT2D eigenvalue weighted by Crippen LogP contribution is 2.22. The molecular formula is C15H25NO2. The molecule has 0 heterocycles. The lowest BCUT2D eigenvalue weighted by atomic mass is 10.0. The number of ether oxygens (including phenoxy) is 2. The summed E-state index contributed by atoms with van der Waals surface area (Å²) in [6.45, 7) is 5.65. The first-order chi connectivity index (χ1) is 8.71. The summed E-state index contributed by atoms with van der Waals surface area (Å²) in [7, 11) is 1.70. The second-order valence-corrected chi connectivity index (χ2v) is 4.47. The van der Waals surface area contributed by atoms with E-state index in [0.29, 0.717) is 0 Å². The lowest BCUT2D eigenvalue weighted by Crippen LogP contribution is -2.21. The molecule has 0 aliphatic rings. The maximum absolute atomic E-state index is 6.02. The van der Waals surface area contributed by atoms with E-state index in [1.807, 2.05) is 13.0 Å². The summed E-state index contributed by atoms with van der Waals surface area (Å²) in [6, 6.07) is 6.51. The molecule has 0 aliphatic heterocycles. The Labute approximate surface area is 110 Å². The maximum Gasteiger partial charge on any atom is 0.122 e. The normalized spacial score (nSPS) is 12.4. The summed E-state index contributed by atoms with van der Waals surface area (Å²) in [6.07, 6.45) is 2.78. The molecule has 1 aromatic carbocycles. The van der Waals surface area contributed by atoms with Crippen LogP contribution in [0.4, 0.5) is 0 Å². The topological polar surface area (TPSA) is 44.5 Å². The van der Waals surface area contributed by atoms with Crippen LogP contribution in [0.1, 0.15) is 31.4 Å². The average molecular weight is 251 g/mol. The monoisotopic (exact) mass is 251 g/mol. The zero-order valence-electron chi connectivity index (χ0n) is 11.7. The first kappa shape index (κ1) is 15.0. The van der Waals surface area contributed by atoms with Crippen molar-refractivity contribution in [3.05, 3.63) is 29.3 Å². The van der Waals surface area contributed by atoms with E-state index in [0.717, 1.165) is 38.2 Å². The predicted octanol–water partition coefficient (Wildman–Crippen LogP) is 2.55. The van der Waals surface area contributed by atoms with Gasteiger partial charge in [-0.25, -0.2) is 0 Å². The highest BCUT2D eigenvalue weighted by molar-refractivity contribution is 5.38. The van der Waals surface area contributed by atoms with Gasteiger partial charge in [-0.05, 0) is 43.4 Å². The van der Waals surface area contributed by atoms with Gasteiger partial charge < -0.3 is 15.2 Å². The lowest BCUT2D eigenvalue weighted by Gasteiger charge is -2.14. The molecule has 0 saturated carbocycles. The molecule has 1 unspecified atom stereocenters. The Hall–Kier alpha value is -1.06. The fourth-order valence-electron chi connectivity index (χ4n) is 1.91. The minimum atomic E-state index is 0.195. The average Bonchev–Trinajstić information content (AvgIpc) is 2.39. The van der Waals surface area contributed by atoms with Crippen LogP contribution >= 0.6 is 0 Å². The van der Waals surface area contributed by atoms with Crippen LogP contribution in [0.25, 0.3) is 0 Å². The van der Waals surface area contributed by atoms with Gasteiger partial charge in [0.2, 0.25) is 0 Å². The summed E-state index contributed by atoms with van der Waals surface area (Å²) in [5.41, 5.74) is 8.50. The Morgan fingerprint density at radius 1 is 1.28 bits per heavy atom. The van der Waals surface area contributed by atoms with Gasteiger partial charge in [0, 0.05) is 12.6 Å². The number of rotatable bonds is 8. The van der Waals surface area contributed by atoms with E-state index in [2.05, 4.69) is 19.1 Å². The molecule has 18 heavy (non-hydrogen) atoms. The number of benzene rings is 1. The third kappa shape index (κ3) is 4.67. The Bertz CT molecular complexity index is 352. The molecule has 1 rings (SSSR count). The molecule has 0 spiro atoms. The first-order valence-electron chi connectivity index (χ1n) is 6.70. The van der Waals surface area contributed by atoms with Crippen molar-refractivity contribution in [3.63, 3.8) is 0 Å². The Kier molecular flexibility index (Phi) is 6.76. The van der Waals surface area contributed by atoms with E-state index >= 15 is 0 Å². The zero-order valence-corrected chi connectivity index (χ0v) is 11.7. The van der Waals surface area contributed by atoms with Crippen molar-refractivity contribution in [2.45, 2.75) is 39.2 Å². The summed E-state index contributed by atoms with van der Waals surface area (Å²) in [5.74, 6) is 0.930. The van der Waals surface area contributed by atoms with Gasteiger partial charge >= 0.3 is 0 Å².